The molecule has 1 aromatic carbocycles. The largest absolute Gasteiger partial charge is 0.364 e. The number of hydrogen-bond donors (Lipinski definition) is 2. The summed E-state index contributed by atoms with van der Waals surface area (Å²) < 4.78 is 0. The molecule has 6 heteroatoms. The fourth-order valence-electron chi connectivity index (χ4n) is 3.93. The fourth-order valence-corrected chi connectivity index (χ4v) is 3.93. The van der Waals surface area contributed by atoms with Gasteiger partial charge in [-0.2, -0.15) is 0 Å². The van der Waals surface area contributed by atoms with Gasteiger partial charge in [-0.15, -0.1) is 0 Å². The fraction of sp³-hybridized carbons (Fsp3) is 0.350. The quantitative estimate of drug-likeness (QED) is 0.741. The molecule has 0 aliphatic carbocycles. The Morgan fingerprint density at radius 3 is 3.12 bits per heavy atom. The van der Waals surface area contributed by atoms with Crippen molar-refractivity contribution in [3.8, 4) is 0 Å². The Kier molecular flexibility index (Phi) is 4.67. The number of aromatic nitrogens is 3. The molecular formula is C20H23N5O. The van der Waals surface area contributed by atoms with Crippen molar-refractivity contribution in [1.29, 1.82) is 0 Å². The van der Waals surface area contributed by atoms with Crippen LogP contribution in [0.5, 0.6) is 0 Å². The van der Waals surface area contributed by atoms with Crippen LogP contribution in [0.15, 0.2) is 42.9 Å². The minimum absolute atomic E-state index is 0.293. The molecule has 1 aliphatic heterocycles. The Bertz CT molecular complexity index is 919. The van der Waals surface area contributed by atoms with E-state index in [0.29, 0.717) is 11.6 Å². The zero-order valence-electron chi connectivity index (χ0n) is 14.7. The van der Waals surface area contributed by atoms with Gasteiger partial charge in [0.1, 0.15) is 12.0 Å². The number of piperidine rings is 1. The molecule has 0 radical (unpaired) electrons. The minimum atomic E-state index is -0.501. The average molecular weight is 349 g/mol. The van der Waals surface area contributed by atoms with Gasteiger partial charge in [-0.25, -0.2) is 9.97 Å². The lowest BCUT2D eigenvalue weighted by molar-refractivity contribution is 0.0995. The van der Waals surface area contributed by atoms with Gasteiger partial charge in [0.2, 0.25) is 0 Å². The van der Waals surface area contributed by atoms with Gasteiger partial charge in [0.15, 0.2) is 0 Å². The molecule has 0 saturated carbocycles. The van der Waals surface area contributed by atoms with Crippen LogP contribution in [0.4, 0.5) is 0 Å². The van der Waals surface area contributed by atoms with E-state index in [4.69, 9.17) is 5.73 Å². The third-order valence-electron chi connectivity index (χ3n) is 5.16. The molecule has 0 bridgehead atoms. The van der Waals surface area contributed by atoms with Crippen LogP contribution in [0.2, 0.25) is 0 Å². The maximum Gasteiger partial charge on any atom is 0.267 e. The predicted octanol–water partition coefficient (Wildman–Crippen LogP) is 2.51. The van der Waals surface area contributed by atoms with Crippen LogP contribution in [-0.2, 0) is 13.0 Å². The summed E-state index contributed by atoms with van der Waals surface area (Å²) in [4.78, 5) is 25.4. The van der Waals surface area contributed by atoms with Crippen molar-refractivity contribution < 1.29 is 4.79 Å². The molecule has 0 spiro atoms. The Morgan fingerprint density at radius 2 is 2.23 bits per heavy atom. The number of rotatable bonds is 5. The first-order valence-corrected chi connectivity index (χ1v) is 9.07. The van der Waals surface area contributed by atoms with E-state index in [-0.39, 0.29) is 0 Å². The molecular weight excluding hydrogens is 326 g/mol. The highest BCUT2D eigenvalue weighted by molar-refractivity contribution is 5.90. The second-order valence-corrected chi connectivity index (χ2v) is 7.06. The summed E-state index contributed by atoms with van der Waals surface area (Å²) in [5, 5.41) is 1.30. The first kappa shape index (κ1) is 16.7. The summed E-state index contributed by atoms with van der Waals surface area (Å²) in [5.41, 5.74) is 9.06. The molecule has 26 heavy (non-hydrogen) atoms. The number of H-pyrrole nitrogens is 1. The van der Waals surface area contributed by atoms with Crippen molar-refractivity contribution in [2.24, 2.45) is 11.7 Å². The monoisotopic (exact) mass is 349 g/mol. The Labute approximate surface area is 152 Å². The SMILES string of the molecule is NC(=O)c1cc(C[C@H]2CCCN(Cc3cccc4[nH]ccc34)C2)ncn1. The van der Waals surface area contributed by atoms with Gasteiger partial charge in [0.05, 0.1) is 0 Å². The van der Waals surface area contributed by atoms with Gasteiger partial charge in [-0.3, -0.25) is 9.69 Å². The first-order chi connectivity index (χ1) is 12.7. The zero-order chi connectivity index (χ0) is 17.9. The summed E-state index contributed by atoms with van der Waals surface area (Å²) in [6.07, 6.45) is 6.65. The molecule has 1 saturated heterocycles. The van der Waals surface area contributed by atoms with Crippen LogP contribution >= 0.6 is 0 Å². The topological polar surface area (TPSA) is 87.9 Å². The molecule has 134 valence electrons. The molecule has 6 nitrogen and oxygen atoms in total. The minimum Gasteiger partial charge on any atom is -0.364 e. The van der Waals surface area contributed by atoms with E-state index in [1.165, 1.54) is 35.6 Å². The number of carbonyl (C=O) groups excluding carboxylic acids is 1. The maximum atomic E-state index is 11.3. The number of carbonyl (C=O) groups is 1. The zero-order valence-corrected chi connectivity index (χ0v) is 14.7. The van der Waals surface area contributed by atoms with E-state index in [9.17, 15) is 4.79 Å². The number of amides is 1. The van der Waals surface area contributed by atoms with Gasteiger partial charge in [-0.1, -0.05) is 12.1 Å². The standard InChI is InChI=1S/C20H23N5O/c21-20(26)19-10-16(23-13-24-19)9-14-3-2-8-25(11-14)12-15-4-1-5-18-17(15)6-7-22-18/h1,4-7,10,13-14,22H,2-3,8-9,11-12H2,(H2,21,26)/t14-/m1/s1. The van der Waals surface area contributed by atoms with E-state index in [0.717, 1.165) is 31.7 Å². The molecule has 1 aliphatic rings. The highest BCUT2D eigenvalue weighted by atomic mass is 16.1. The highest BCUT2D eigenvalue weighted by Crippen LogP contribution is 2.24. The Morgan fingerprint density at radius 1 is 1.31 bits per heavy atom. The normalized spacial score (nSPS) is 18.2. The van der Waals surface area contributed by atoms with Gasteiger partial charge in [-0.05, 0) is 55.5 Å². The first-order valence-electron chi connectivity index (χ1n) is 9.07. The van der Waals surface area contributed by atoms with Crippen LogP contribution in [0, 0.1) is 5.92 Å². The predicted molar refractivity (Wildman–Crippen MR) is 101 cm³/mol. The number of nitrogens with two attached hydrogens (primary N) is 1. The maximum absolute atomic E-state index is 11.3. The number of primary amides is 1. The summed E-state index contributed by atoms with van der Waals surface area (Å²) in [6, 6.07) is 10.3. The molecule has 4 rings (SSSR count). The average Bonchev–Trinajstić information content (AvgIpc) is 3.12. The number of nitrogens with one attached hydrogen (secondary N) is 1. The smallest absolute Gasteiger partial charge is 0.267 e. The Balaban J connectivity index is 1.43. The van der Waals surface area contributed by atoms with Crippen LogP contribution in [-0.4, -0.2) is 38.8 Å². The second kappa shape index (κ2) is 7.25. The summed E-state index contributed by atoms with van der Waals surface area (Å²) >= 11 is 0. The lowest BCUT2D eigenvalue weighted by atomic mass is 9.92. The molecule has 0 unspecified atom stereocenters. The van der Waals surface area contributed by atoms with Crippen LogP contribution < -0.4 is 5.73 Å². The van der Waals surface area contributed by atoms with Crippen molar-refractivity contribution in [3.05, 3.63) is 59.8 Å². The molecule has 1 atom stereocenters. The van der Waals surface area contributed by atoms with Crippen molar-refractivity contribution in [1.82, 2.24) is 19.9 Å². The third-order valence-corrected chi connectivity index (χ3v) is 5.16. The summed E-state index contributed by atoms with van der Waals surface area (Å²) in [5.74, 6) is 0.0309. The van der Waals surface area contributed by atoms with Crippen molar-refractivity contribution in [2.75, 3.05) is 13.1 Å². The number of likely N-dealkylation sites (tertiary alicyclic amines) is 1. The lowest BCUT2D eigenvalue weighted by Crippen LogP contribution is -2.35. The molecule has 1 fully saturated rings. The van der Waals surface area contributed by atoms with Gasteiger partial charge in [0, 0.05) is 35.9 Å². The molecule has 2 aromatic heterocycles. The number of aromatic amines is 1. The number of fused-ring (bicyclic) bond motifs is 1. The van der Waals surface area contributed by atoms with E-state index in [1.54, 1.807) is 6.07 Å². The van der Waals surface area contributed by atoms with Gasteiger partial charge < -0.3 is 10.7 Å². The molecule has 3 heterocycles. The van der Waals surface area contributed by atoms with Crippen molar-refractivity contribution in [2.45, 2.75) is 25.8 Å². The van der Waals surface area contributed by atoms with E-state index >= 15 is 0 Å². The van der Waals surface area contributed by atoms with Crippen LogP contribution in [0.3, 0.4) is 0 Å². The molecule has 1 amide bonds. The Hall–Kier alpha value is -2.73. The summed E-state index contributed by atoms with van der Waals surface area (Å²) in [7, 11) is 0. The number of nitrogens with zero attached hydrogens (tertiary/aromatic N) is 3. The summed E-state index contributed by atoms with van der Waals surface area (Å²) in [6.45, 7) is 3.12. The van der Waals surface area contributed by atoms with Crippen LogP contribution in [0.25, 0.3) is 10.9 Å². The van der Waals surface area contributed by atoms with Crippen molar-refractivity contribution in [3.63, 3.8) is 0 Å². The van der Waals surface area contributed by atoms with E-state index < -0.39 is 5.91 Å². The number of hydrogen-bond acceptors (Lipinski definition) is 4. The number of benzene rings is 1. The van der Waals surface area contributed by atoms with Crippen molar-refractivity contribution >= 4 is 16.8 Å². The molecule has 3 N–H and O–H groups in total. The lowest BCUT2D eigenvalue weighted by Gasteiger charge is -2.32. The van der Waals surface area contributed by atoms with E-state index in [2.05, 4.69) is 44.1 Å². The van der Waals surface area contributed by atoms with E-state index in [1.807, 2.05) is 6.20 Å². The molecule has 3 aromatic rings. The third kappa shape index (κ3) is 3.60. The van der Waals surface area contributed by atoms with Gasteiger partial charge in [0.25, 0.3) is 5.91 Å². The van der Waals surface area contributed by atoms with Gasteiger partial charge >= 0.3 is 0 Å². The van der Waals surface area contributed by atoms with Crippen LogP contribution in [0.1, 0.15) is 34.6 Å². The second-order valence-electron chi connectivity index (χ2n) is 7.06. The highest BCUT2D eigenvalue weighted by Gasteiger charge is 2.21.